The molecule has 4 heteroatoms. The van der Waals surface area contributed by atoms with E-state index >= 15 is 0 Å². The molecule has 0 radical (unpaired) electrons. The Kier molecular flexibility index (Phi) is 3.75. The molecular weight excluding hydrogens is 244 g/mol. The highest BCUT2D eigenvalue weighted by Crippen LogP contribution is 2.18. The monoisotopic (exact) mass is 256 g/mol. The fraction of sp³-hybridized carbons (Fsp3) is 0.143. The molecule has 2 rings (SSSR count). The number of aryl methyl sites for hydroxylation is 1. The van der Waals surface area contributed by atoms with Crippen LogP contribution >= 0.6 is 11.3 Å². The van der Waals surface area contributed by atoms with E-state index in [0.29, 0.717) is 4.88 Å². The summed E-state index contributed by atoms with van der Waals surface area (Å²) in [5, 5.41) is 13.7. The van der Waals surface area contributed by atoms with Crippen LogP contribution < -0.4 is 5.32 Å². The van der Waals surface area contributed by atoms with Gasteiger partial charge in [-0.2, -0.15) is 5.26 Å². The number of nitrogens with one attached hydrogen (secondary N) is 1. The van der Waals surface area contributed by atoms with E-state index in [1.54, 1.807) is 0 Å². The minimum Gasteiger partial charge on any atom is -0.332 e. The molecule has 1 N–H and O–H groups in total. The van der Waals surface area contributed by atoms with Gasteiger partial charge in [0.15, 0.2) is 0 Å². The average molecular weight is 256 g/mol. The van der Waals surface area contributed by atoms with E-state index < -0.39 is 6.04 Å². The Labute approximate surface area is 110 Å². The van der Waals surface area contributed by atoms with Gasteiger partial charge >= 0.3 is 0 Å². The Bertz CT molecular complexity index is 583. The van der Waals surface area contributed by atoms with Gasteiger partial charge in [0.25, 0.3) is 5.91 Å². The van der Waals surface area contributed by atoms with E-state index in [1.807, 2.05) is 48.7 Å². The predicted molar refractivity (Wildman–Crippen MR) is 71.3 cm³/mol. The number of amides is 1. The number of carbonyl (C=O) groups is 1. The first kappa shape index (κ1) is 12.3. The molecule has 0 saturated heterocycles. The quantitative estimate of drug-likeness (QED) is 0.917. The van der Waals surface area contributed by atoms with Crippen molar-refractivity contribution in [1.82, 2.24) is 5.32 Å². The number of thiophene rings is 1. The van der Waals surface area contributed by atoms with E-state index in [0.717, 1.165) is 11.1 Å². The van der Waals surface area contributed by atoms with Crippen LogP contribution in [0.15, 0.2) is 41.8 Å². The Morgan fingerprint density at radius 2 is 2.06 bits per heavy atom. The van der Waals surface area contributed by atoms with Crippen molar-refractivity contribution in [2.45, 2.75) is 13.0 Å². The van der Waals surface area contributed by atoms with Crippen molar-refractivity contribution in [2.75, 3.05) is 0 Å². The molecule has 0 aliphatic carbocycles. The maximum atomic E-state index is 12.0. The molecule has 0 fully saturated rings. The lowest BCUT2D eigenvalue weighted by molar-refractivity contribution is 0.0948. The first-order chi connectivity index (χ1) is 8.72. The lowest BCUT2D eigenvalue weighted by atomic mass is 10.1. The molecule has 0 bridgehead atoms. The van der Waals surface area contributed by atoms with Crippen molar-refractivity contribution < 1.29 is 4.79 Å². The maximum absolute atomic E-state index is 12.0. The predicted octanol–water partition coefficient (Wildman–Crippen LogP) is 3.05. The molecule has 3 nitrogen and oxygen atoms in total. The van der Waals surface area contributed by atoms with Gasteiger partial charge in [0.2, 0.25) is 0 Å². The molecule has 2 aromatic rings. The van der Waals surface area contributed by atoms with Crippen molar-refractivity contribution >= 4 is 17.2 Å². The molecule has 0 saturated carbocycles. The maximum Gasteiger partial charge on any atom is 0.262 e. The van der Waals surface area contributed by atoms with Crippen molar-refractivity contribution in [3.8, 4) is 6.07 Å². The summed E-state index contributed by atoms with van der Waals surface area (Å²) < 4.78 is 0. The van der Waals surface area contributed by atoms with E-state index in [2.05, 4.69) is 11.4 Å². The summed E-state index contributed by atoms with van der Waals surface area (Å²) in [6.45, 7) is 1.88. The van der Waals surface area contributed by atoms with E-state index in [9.17, 15) is 4.79 Å². The fourth-order valence-corrected chi connectivity index (χ4v) is 2.47. The van der Waals surface area contributed by atoms with Crippen LogP contribution in [0.2, 0.25) is 0 Å². The number of rotatable bonds is 3. The topological polar surface area (TPSA) is 52.9 Å². The lowest BCUT2D eigenvalue weighted by Gasteiger charge is -2.11. The highest BCUT2D eigenvalue weighted by atomic mass is 32.1. The number of nitriles is 1. The van der Waals surface area contributed by atoms with Gasteiger partial charge in [0, 0.05) is 0 Å². The van der Waals surface area contributed by atoms with Crippen LogP contribution in [0.4, 0.5) is 0 Å². The second-order valence-electron chi connectivity index (χ2n) is 3.88. The minimum atomic E-state index is -0.611. The molecule has 18 heavy (non-hydrogen) atoms. The summed E-state index contributed by atoms with van der Waals surface area (Å²) in [6.07, 6.45) is 0. The van der Waals surface area contributed by atoms with E-state index in [-0.39, 0.29) is 5.91 Å². The Balaban J connectivity index is 2.16. The van der Waals surface area contributed by atoms with Gasteiger partial charge in [-0.3, -0.25) is 4.79 Å². The van der Waals surface area contributed by atoms with Crippen molar-refractivity contribution in [1.29, 1.82) is 5.26 Å². The number of carbonyl (C=O) groups excluding carboxylic acids is 1. The number of benzene rings is 1. The largest absolute Gasteiger partial charge is 0.332 e. The van der Waals surface area contributed by atoms with Gasteiger partial charge in [-0.1, -0.05) is 30.3 Å². The minimum absolute atomic E-state index is 0.196. The number of nitrogens with zero attached hydrogens (tertiary/aromatic N) is 1. The Morgan fingerprint density at radius 1 is 1.33 bits per heavy atom. The average Bonchev–Trinajstić information content (AvgIpc) is 2.83. The van der Waals surface area contributed by atoms with Gasteiger partial charge in [-0.25, -0.2) is 0 Å². The molecule has 0 aliphatic rings. The number of hydrogen-bond donors (Lipinski definition) is 1. The molecule has 0 spiro atoms. The van der Waals surface area contributed by atoms with Crippen LogP contribution in [0.5, 0.6) is 0 Å². The molecule has 1 atom stereocenters. The summed E-state index contributed by atoms with van der Waals surface area (Å²) in [7, 11) is 0. The second-order valence-corrected chi connectivity index (χ2v) is 4.80. The lowest BCUT2D eigenvalue weighted by Crippen LogP contribution is -2.27. The van der Waals surface area contributed by atoms with Gasteiger partial charge in [0.1, 0.15) is 6.04 Å². The van der Waals surface area contributed by atoms with E-state index in [1.165, 1.54) is 11.3 Å². The first-order valence-corrected chi connectivity index (χ1v) is 6.40. The summed E-state index contributed by atoms with van der Waals surface area (Å²) >= 11 is 1.38. The molecule has 1 aromatic heterocycles. The zero-order valence-electron chi connectivity index (χ0n) is 9.88. The number of hydrogen-bond acceptors (Lipinski definition) is 3. The van der Waals surface area contributed by atoms with Crippen molar-refractivity contribution in [3.63, 3.8) is 0 Å². The van der Waals surface area contributed by atoms with Crippen LogP contribution in [0.1, 0.15) is 26.8 Å². The molecule has 90 valence electrons. The standard InChI is InChI=1S/C14H12N2OS/c1-10-7-8-18-13(10)14(17)16-12(9-15)11-5-3-2-4-6-11/h2-8,12H,1H3,(H,16,17). The summed E-state index contributed by atoms with van der Waals surface area (Å²) in [4.78, 5) is 12.7. The van der Waals surface area contributed by atoms with Crippen LogP contribution in [0.25, 0.3) is 0 Å². The SMILES string of the molecule is Cc1ccsc1C(=O)NC(C#N)c1ccccc1. The first-order valence-electron chi connectivity index (χ1n) is 5.52. The molecule has 1 aromatic carbocycles. The normalized spacial score (nSPS) is 11.6. The highest BCUT2D eigenvalue weighted by Gasteiger charge is 2.16. The molecule has 0 aliphatic heterocycles. The zero-order chi connectivity index (χ0) is 13.0. The summed E-state index contributed by atoms with van der Waals surface area (Å²) in [6, 6.07) is 12.6. The van der Waals surface area contributed by atoms with Gasteiger partial charge < -0.3 is 5.32 Å². The Morgan fingerprint density at radius 3 is 2.61 bits per heavy atom. The molecule has 1 heterocycles. The van der Waals surface area contributed by atoms with Crippen LogP contribution in [-0.2, 0) is 0 Å². The van der Waals surface area contributed by atoms with Crippen LogP contribution in [0.3, 0.4) is 0 Å². The van der Waals surface area contributed by atoms with E-state index in [4.69, 9.17) is 5.26 Å². The molecule has 1 unspecified atom stereocenters. The second kappa shape index (κ2) is 5.48. The smallest absolute Gasteiger partial charge is 0.262 e. The third kappa shape index (κ3) is 2.58. The van der Waals surface area contributed by atoms with Crippen molar-refractivity contribution in [3.05, 3.63) is 57.8 Å². The van der Waals surface area contributed by atoms with Crippen LogP contribution in [-0.4, -0.2) is 5.91 Å². The van der Waals surface area contributed by atoms with Gasteiger partial charge in [-0.15, -0.1) is 11.3 Å². The van der Waals surface area contributed by atoms with Gasteiger partial charge in [0.05, 0.1) is 10.9 Å². The van der Waals surface area contributed by atoms with Crippen LogP contribution in [0, 0.1) is 18.3 Å². The van der Waals surface area contributed by atoms with Gasteiger partial charge in [-0.05, 0) is 29.5 Å². The third-order valence-corrected chi connectivity index (χ3v) is 3.62. The third-order valence-electron chi connectivity index (χ3n) is 2.61. The zero-order valence-corrected chi connectivity index (χ0v) is 10.7. The van der Waals surface area contributed by atoms with Crippen molar-refractivity contribution in [2.24, 2.45) is 0 Å². The Hall–Kier alpha value is -2.12. The summed E-state index contributed by atoms with van der Waals surface area (Å²) in [5.74, 6) is -0.196. The molecule has 1 amide bonds. The molecular formula is C14H12N2OS. The highest BCUT2D eigenvalue weighted by molar-refractivity contribution is 7.12. The fourth-order valence-electron chi connectivity index (χ4n) is 1.64. The summed E-state index contributed by atoms with van der Waals surface area (Å²) in [5.41, 5.74) is 1.73.